The summed E-state index contributed by atoms with van der Waals surface area (Å²) in [5, 5.41) is 31.7. The van der Waals surface area contributed by atoms with E-state index in [9.17, 15) is 63.1 Å². The highest BCUT2D eigenvalue weighted by molar-refractivity contribution is 7.47. The molecule has 0 aromatic heterocycles. The number of nitrogens with two attached hydrogens (primary N) is 1. The van der Waals surface area contributed by atoms with Gasteiger partial charge in [0, 0.05) is 12.8 Å². The number of phosphoric ester groups is 3. The van der Waals surface area contributed by atoms with Crippen molar-refractivity contribution < 1.29 is 90.6 Å². The van der Waals surface area contributed by atoms with Gasteiger partial charge in [-0.3, -0.25) is 27.7 Å². The molecule has 0 aliphatic heterocycles. The molecule has 0 bridgehead atoms. The molecule has 0 spiro atoms. The van der Waals surface area contributed by atoms with E-state index in [4.69, 9.17) is 24.3 Å². The van der Waals surface area contributed by atoms with Gasteiger partial charge in [0.1, 0.15) is 43.2 Å². The molecule has 59 heavy (non-hydrogen) atoms. The van der Waals surface area contributed by atoms with Crippen LogP contribution in [0.3, 0.4) is 0 Å². The quantitative estimate of drug-likeness (QED) is 0.0228. The van der Waals surface area contributed by atoms with Gasteiger partial charge >= 0.3 is 35.4 Å². The summed E-state index contributed by atoms with van der Waals surface area (Å²) in [5.41, 5.74) is 5.51. The van der Waals surface area contributed by atoms with E-state index in [1.807, 2.05) is 0 Å². The first kappa shape index (κ1) is 56.1. The van der Waals surface area contributed by atoms with Crippen molar-refractivity contribution in [3.05, 3.63) is 0 Å². The normalized spacial score (nSPS) is 22.8. The molecule has 1 aliphatic carbocycles. The Hall–Kier alpha value is -0.890. The summed E-state index contributed by atoms with van der Waals surface area (Å²) >= 11 is 0. The van der Waals surface area contributed by atoms with Crippen molar-refractivity contribution >= 4 is 35.4 Å². The molecule has 23 heteroatoms. The van der Waals surface area contributed by atoms with Crippen molar-refractivity contribution in [3.63, 3.8) is 0 Å². The predicted octanol–water partition coefficient (Wildman–Crippen LogP) is 4.95. The van der Waals surface area contributed by atoms with Gasteiger partial charge in [0.15, 0.2) is 6.10 Å². The lowest BCUT2D eigenvalue weighted by molar-refractivity contribution is -0.213. The van der Waals surface area contributed by atoms with E-state index in [0.29, 0.717) is 19.4 Å². The first-order valence-corrected chi connectivity index (χ1v) is 25.6. The molecule has 0 heterocycles. The minimum Gasteiger partial charge on any atom is -0.462 e. The monoisotopic (exact) mass is 915 g/mol. The van der Waals surface area contributed by atoms with Crippen LogP contribution >= 0.6 is 23.5 Å². The van der Waals surface area contributed by atoms with E-state index in [0.717, 1.165) is 77.0 Å². The van der Waals surface area contributed by atoms with Crippen molar-refractivity contribution in [2.24, 2.45) is 5.73 Å². The first-order chi connectivity index (χ1) is 27.8. The van der Waals surface area contributed by atoms with E-state index in [-0.39, 0.29) is 12.8 Å². The second-order valence-corrected chi connectivity index (χ2v) is 18.9. The maximum Gasteiger partial charge on any atom is 0.472 e. The molecule has 1 fully saturated rings. The molecular weight excluding hydrogens is 843 g/mol. The maximum atomic E-state index is 13.0. The van der Waals surface area contributed by atoms with E-state index < -0.39 is 91.3 Å². The minimum absolute atomic E-state index is 0.00112. The Kier molecular flexibility index (Phi) is 29.5. The maximum absolute atomic E-state index is 13.0. The van der Waals surface area contributed by atoms with Crippen LogP contribution in [0.5, 0.6) is 0 Å². The zero-order valence-electron chi connectivity index (χ0n) is 34.4. The van der Waals surface area contributed by atoms with Crippen LogP contribution in [0.4, 0.5) is 0 Å². The number of aliphatic hydroxyl groups is 3. The summed E-state index contributed by atoms with van der Waals surface area (Å²) in [4.78, 5) is 72.7. The van der Waals surface area contributed by atoms with Gasteiger partial charge in [-0.15, -0.1) is 0 Å². The second-order valence-electron chi connectivity index (χ2n) is 15.1. The Balaban J connectivity index is 2.80. The average Bonchev–Trinajstić information content (AvgIpc) is 3.15. The van der Waals surface area contributed by atoms with Gasteiger partial charge in [0.25, 0.3) is 0 Å². The highest BCUT2D eigenvalue weighted by atomic mass is 31.2. The Labute approximate surface area is 348 Å². The Bertz CT molecular complexity index is 1290. The molecule has 8 atom stereocenters. The molecule has 0 aromatic carbocycles. The van der Waals surface area contributed by atoms with Crippen LogP contribution < -0.4 is 5.73 Å². The highest BCUT2D eigenvalue weighted by Gasteiger charge is 2.56. The molecule has 1 saturated carbocycles. The van der Waals surface area contributed by atoms with Crippen LogP contribution in [-0.2, 0) is 50.9 Å². The zero-order chi connectivity index (χ0) is 44.3. The molecule has 4 unspecified atom stereocenters. The number of unbranched alkanes of at least 4 members (excludes halogenated alkanes) is 19. The van der Waals surface area contributed by atoms with Gasteiger partial charge in [-0.25, -0.2) is 13.7 Å². The number of aliphatic hydroxyl groups excluding tert-OH is 3. The first-order valence-electron chi connectivity index (χ1n) is 21.0. The number of carbonyl (C=O) groups is 2. The predicted molar refractivity (Wildman–Crippen MR) is 214 cm³/mol. The number of ether oxygens (including phenoxy) is 2. The fourth-order valence-corrected chi connectivity index (χ4v) is 8.69. The molecule has 10 N–H and O–H groups in total. The zero-order valence-corrected chi connectivity index (χ0v) is 37.1. The topological polar surface area (TPSA) is 329 Å². The fourth-order valence-electron chi connectivity index (χ4n) is 6.59. The Morgan fingerprint density at radius 2 is 0.915 bits per heavy atom. The number of hydrogen-bond donors (Lipinski definition) is 9. The van der Waals surface area contributed by atoms with Gasteiger partial charge < -0.3 is 55.0 Å². The van der Waals surface area contributed by atoms with Gasteiger partial charge in [0.05, 0.1) is 6.61 Å². The van der Waals surface area contributed by atoms with Gasteiger partial charge in [0.2, 0.25) is 0 Å². The molecule has 1 aliphatic rings. The summed E-state index contributed by atoms with van der Waals surface area (Å²) in [6, 6.07) is 0. The number of carbonyl (C=O) groups excluding carboxylic acids is 2. The lowest BCUT2D eigenvalue weighted by Gasteiger charge is -2.44. The summed E-state index contributed by atoms with van der Waals surface area (Å²) in [6.45, 7) is 1.38. The van der Waals surface area contributed by atoms with E-state index in [1.165, 1.54) is 44.9 Å². The molecule has 0 aromatic rings. The molecule has 350 valence electrons. The van der Waals surface area contributed by atoms with Crippen molar-refractivity contribution in [1.82, 2.24) is 0 Å². The molecule has 0 saturated heterocycles. The van der Waals surface area contributed by atoms with E-state index in [1.54, 1.807) is 0 Å². The highest BCUT2D eigenvalue weighted by Crippen LogP contribution is 2.51. The summed E-state index contributed by atoms with van der Waals surface area (Å²) in [5.74, 6) is -1.31. The number of rotatable bonds is 36. The molecular formula is C36H72NO19P3. The van der Waals surface area contributed by atoms with Gasteiger partial charge in [-0.1, -0.05) is 122 Å². The molecule has 0 amide bonds. The second kappa shape index (κ2) is 31.0. The van der Waals surface area contributed by atoms with Crippen molar-refractivity contribution in [2.45, 2.75) is 197 Å². The number of phosphoric acid groups is 3. The summed E-state index contributed by atoms with van der Waals surface area (Å²) in [6.07, 6.45) is 5.51. The van der Waals surface area contributed by atoms with Crippen molar-refractivity contribution in [3.8, 4) is 0 Å². The van der Waals surface area contributed by atoms with Gasteiger partial charge in [-0.05, 0) is 25.8 Å². The summed E-state index contributed by atoms with van der Waals surface area (Å²) < 4.78 is 65.1. The van der Waals surface area contributed by atoms with Crippen LogP contribution in [0, 0.1) is 0 Å². The van der Waals surface area contributed by atoms with Crippen molar-refractivity contribution in [2.75, 3.05) is 19.8 Å². The third-order valence-corrected chi connectivity index (χ3v) is 11.8. The number of esters is 2. The van der Waals surface area contributed by atoms with Crippen LogP contribution in [-0.4, -0.2) is 114 Å². The van der Waals surface area contributed by atoms with Crippen LogP contribution in [0.2, 0.25) is 0 Å². The summed E-state index contributed by atoms with van der Waals surface area (Å²) in [7, 11) is -16.6. The lowest BCUT2D eigenvalue weighted by Crippen LogP contribution is -2.65. The van der Waals surface area contributed by atoms with Crippen molar-refractivity contribution in [1.29, 1.82) is 0 Å². The van der Waals surface area contributed by atoms with Crippen LogP contribution in [0.25, 0.3) is 0 Å². The minimum atomic E-state index is -5.59. The Morgan fingerprint density at radius 3 is 1.36 bits per heavy atom. The van der Waals surface area contributed by atoms with Gasteiger partial charge in [-0.2, -0.15) is 0 Å². The van der Waals surface area contributed by atoms with Crippen LogP contribution in [0.1, 0.15) is 155 Å². The smallest absolute Gasteiger partial charge is 0.462 e. The average molecular weight is 916 g/mol. The standard InChI is InChI=1S/C36H72NO19P3/c1-2-3-4-5-6-7-8-9-10-11-15-18-21-24-30(39)53-28(26-51-29(38)23-20-17-14-12-13-16-19-22-25-37)27-52-59(49,50)56-34-31(40)32(41)35(54-57(43,44)45)36(33(34)42)55-58(46,47)48/h28,31-36,40-42H,2-27,37H2,1H3,(H,49,50)(H2,43,44,45)(H2,46,47,48)/t28-,31+,32-,33?,34?,35?,36+/m1/s1. The molecule has 1 rings (SSSR count). The molecule has 20 nitrogen and oxygen atoms in total. The Morgan fingerprint density at radius 1 is 0.525 bits per heavy atom. The van der Waals surface area contributed by atoms with Crippen LogP contribution in [0.15, 0.2) is 0 Å². The lowest BCUT2D eigenvalue weighted by atomic mass is 9.85. The van der Waals surface area contributed by atoms with E-state index in [2.05, 4.69) is 16.0 Å². The SMILES string of the molecule is CCCCCCCCCCCCCCCC(=O)O[C@H](COC(=O)CCCCCCCCCCN)COP(=O)(O)OC1C(O)[C@H](OP(=O)(O)O)C(OP(=O)(O)O)[C@H](O)[C@@H]1O. The third-order valence-electron chi connectivity index (χ3n) is 9.76. The van der Waals surface area contributed by atoms with E-state index >= 15 is 0 Å². The fraction of sp³-hybridized carbons (Fsp3) is 0.944. The number of hydrogen-bond acceptors (Lipinski definition) is 15. The molecule has 0 radical (unpaired) electrons. The third kappa shape index (κ3) is 27.7. The largest absolute Gasteiger partial charge is 0.472 e.